The molecule has 2 aromatic rings. The van der Waals surface area contributed by atoms with E-state index in [9.17, 15) is 9.90 Å². The molecule has 4 nitrogen and oxygen atoms in total. The number of aromatic carboxylic acids is 1. The number of carboxylic acid groups (broad SMARTS) is 1. The Morgan fingerprint density at radius 3 is 2.81 bits per heavy atom. The number of nitrogens with zero attached hydrogens (tertiary/aromatic N) is 2. The van der Waals surface area contributed by atoms with Crippen LogP contribution in [0.15, 0.2) is 16.6 Å². The number of fused-ring (bicyclic) bond motifs is 1. The van der Waals surface area contributed by atoms with Gasteiger partial charge in [-0.3, -0.25) is 4.40 Å². The lowest BCUT2D eigenvalue weighted by Crippen LogP contribution is -2.07. The molecule has 5 heteroatoms. The summed E-state index contributed by atoms with van der Waals surface area (Å²) in [7, 11) is 0. The Bertz CT molecular complexity index is 575. The number of carbonyl (C=O) groups is 1. The third-order valence-corrected chi connectivity index (χ3v) is 3.41. The first-order chi connectivity index (χ1) is 7.56. The Morgan fingerprint density at radius 2 is 2.25 bits per heavy atom. The molecule has 16 heavy (non-hydrogen) atoms. The van der Waals surface area contributed by atoms with Crippen LogP contribution in [0.4, 0.5) is 0 Å². The van der Waals surface area contributed by atoms with Crippen LogP contribution in [0.1, 0.15) is 28.8 Å². The van der Waals surface area contributed by atoms with Gasteiger partial charge in [0.1, 0.15) is 5.65 Å². The third kappa shape index (κ3) is 1.51. The van der Waals surface area contributed by atoms with Crippen LogP contribution < -0.4 is 0 Å². The van der Waals surface area contributed by atoms with Crippen molar-refractivity contribution < 1.29 is 9.90 Å². The maximum absolute atomic E-state index is 11.2. The monoisotopic (exact) mass is 282 g/mol. The van der Waals surface area contributed by atoms with Crippen LogP contribution >= 0.6 is 15.9 Å². The van der Waals surface area contributed by atoms with E-state index >= 15 is 0 Å². The summed E-state index contributed by atoms with van der Waals surface area (Å²) >= 11 is 3.39. The molecule has 0 saturated carbocycles. The Morgan fingerprint density at radius 1 is 1.56 bits per heavy atom. The van der Waals surface area contributed by atoms with Gasteiger partial charge in [0.15, 0.2) is 5.69 Å². The van der Waals surface area contributed by atoms with Gasteiger partial charge in [-0.05, 0) is 41.4 Å². The number of hydrogen-bond donors (Lipinski definition) is 1. The van der Waals surface area contributed by atoms with E-state index in [2.05, 4.69) is 20.9 Å². The Balaban J connectivity index is 2.92. The fourth-order valence-corrected chi connectivity index (χ4v) is 2.09. The predicted octanol–water partition coefficient (Wildman–Crippen LogP) is 2.67. The molecule has 0 fully saturated rings. The fraction of sp³-hybridized carbons (Fsp3) is 0.273. The Hall–Kier alpha value is -1.36. The smallest absolute Gasteiger partial charge is 0.354 e. The SMILES string of the molecule is CCc1nc2ccc(Br)c(C)n2c1C(=O)O. The topological polar surface area (TPSA) is 54.6 Å². The first kappa shape index (κ1) is 11.1. The van der Waals surface area contributed by atoms with Crippen LogP contribution in [0.5, 0.6) is 0 Å². The molecule has 2 aromatic heterocycles. The summed E-state index contributed by atoms with van der Waals surface area (Å²) in [6.45, 7) is 3.77. The van der Waals surface area contributed by atoms with Crippen LogP contribution in [0, 0.1) is 6.92 Å². The zero-order valence-corrected chi connectivity index (χ0v) is 10.6. The lowest BCUT2D eigenvalue weighted by atomic mass is 10.2. The molecule has 0 aliphatic heterocycles. The molecule has 2 heterocycles. The van der Waals surface area contributed by atoms with Gasteiger partial charge in [0.05, 0.1) is 5.69 Å². The summed E-state index contributed by atoms with van der Waals surface area (Å²) in [4.78, 5) is 15.6. The molecule has 0 spiro atoms. The van der Waals surface area contributed by atoms with Gasteiger partial charge in [-0.1, -0.05) is 6.92 Å². The lowest BCUT2D eigenvalue weighted by Gasteiger charge is -2.04. The summed E-state index contributed by atoms with van der Waals surface area (Å²) in [5.41, 5.74) is 2.40. The van der Waals surface area contributed by atoms with Crippen molar-refractivity contribution in [1.29, 1.82) is 0 Å². The highest BCUT2D eigenvalue weighted by atomic mass is 79.9. The molecule has 0 aliphatic carbocycles. The number of hydrogen-bond acceptors (Lipinski definition) is 2. The lowest BCUT2D eigenvalue weighted by molar-refractivity contribution is 0.0688. The molecular formula is C11H11BrN2O2. The minimum absolute atomic E-state index is 0.260. The number of carboxylic acids is 1. The number of halogens is 1. The average molecular weight is 283 g/mol. The van der Waals surface area contributed by atoms with Crippen LogP contribution in [0.25, 0.3) is 5.65 Å². The number of rotatable bonds is 2. The van der Waals surface area contributed by atoms with Crippen LogP contribution in [-0.4, -0.2) is 20.5 Å². The highest BCUT2D eigenvalue weighted by molar-refractivity contribution is 9.10. The third-order valence-electron chi connectivity index (χ3n) is 2.57. The number of aryl methyl sites for hydroxylation is 2. The van der Waals surface area contributed by atoms with Crippen molar-refractivity contribution in [2.75, 3.05) is 0 Å². The normalized spacial score (nSPS) is 10.9. The quantitative estimate of drug-likeness (QED) is 0.921. The van der Waals surface area contributed by atoms with Gasteiger partial charge < -0.3 is 5.11 Å². The van der Waals surface area contributed by atoms with Crippen LogP contribution in [0.3, 0.4) is 0 Å². The van der Waals surface area contributed by atoms with Gasteiger partial charge in [0, 0.05) is 10.2 Å². The van der Waals surface area contributed by atoms with E-state index in [-0.39, 0.29) is 5.69 Å². The summed E-state index contributed by atoms with van der Waals surface area (Å²) < 4.78 is 2.55. The summed E-state index contributed by atoms with van der Waals surface area (Å²) in [5.74, 6) is -0.939. The van der Waals surface area contributed by atoms with Gasteiger partial charge in [-0.15, -0.1) is 0 Å². The minimum atomic E-state index is -0.939. The van der Waals surface area contributed by atoms with Gasteiger partial charge in [-0.25, -0.2) is 9.78 Å². The number of imidazole rings is 1. The molecule has 0 bridgehead atoms. The molecule has 84 valence electrons. The van der Waals surface area contributed by atoms with Crippen molar-refractivity contribution in [2.45, 2.75) is 20.3 Å². The first-order valence-corrected chi connectivity index (χ1v) is 5.75. The molecule has 0 unspecified atom stereocenters. The second-order valence-electron chi connectivity index (χ2n) is 3.53. The molecule has 0 amide bonds. The van der Waals surface area contributed by atoms with Gasteiger partial charge in [0.25, 0.3) is 0 Å². The Labute approximate surface area is 101 Å². The van der Waals surface area contributed by atoms with Crippen molar-refractivity contribution in [2.24, 2.45) is 0 Å². The standard InChI is InChI=1S/C11H11BrN2O2/c1-3-8-10(11(15)16)14-6(2)7(12)4-5-9(14)13-8/h4-5H,3H2,1-2H3,(H,15,16). The van der Waals surface area contributed by atoms with E-state index < -0.39 is 5.97 Å². The molecule has 0 radical (unpaired) electrons. The minimum Gasteiger partial charge on any atom is -0.477 e. The second-order valence-corrected chi connectivity index (χ2v) is 4.38. The molecule has 1 N–H and O–H groups in total. The second kappa shape index (κ2) is 3.90. The van der Waals surface area contributed by atoms with Crippen molar-refractivity contribution in [3.05, 3.63) is 33.7 Å². The van der Waals surface area contributed by atoms with Crippen molar-refractivity contribution >= 4 is 27.5 Å². The van der Waals surface area contributed by atoms with E-state index in [4.69, 9.17) is 0 Å². The molecular weight excluding hydrogens is 272 g/mol. The van der Waals surface area contributed by atoms with Crippen molar-refractivity contribution in [3.63, 3.8) is 0 Å². The van der Waals surface area contributed by atoms with Gasteiger partial charge in [0.2, 0.25) is 0 Å². The molecule has 0 aliphatic rings. The molecule has 2 rings (SSSR count). The maximum atomic E-state index is 11.2. The van der Waals surface area contributed by atoms with Gasteiger partial charge >= 0.3 is 5.97 Å². The highest BCUT2D eigenvalue weighted by Gasteiger charge is 2.18. The van der Waals surface area contributed by atoms with E-state index in [0.29, 0.717) is 17.8 Å². The van der Waals surface area contributed by atoms with E-state index in [1.165, 1.54) is 0 Å². The van der Waals surface area contributed by atoms with Crippen LogP contribution in [-0.2, 0) is 6.42 Å². The molecule has 0 aromatic carbocycles. The zero-order valence-electron chi connectivity index (χ0n) is 8.99. The predicted molar refractivity (Wildman–Crippen MR) is 64.0 cm³/mol. The summed E-state index contributed by atoms with van der Waals surface area (Å²) in [6.07, 6.45) is 0.611. The zero-order chi connectivity index (χ0) is 11.9. The van der Waals surface area contributed by atoms with Crippen LogP contribution in [0.2, 0.25) is 0 Å². The maximum Gasteiger partial charge on any atom is 0.354 e. The van der Waals surface area contributed by atoms with Gasteiger partial charge in [-0.2, -0.15) is 0 Å². The number of aromatic nitrogens is 2. The average Bonchev–Trinajstić information content (AvgIpc) is 2.62. The largest absolute Gasteiger partial charge is 0.477 e. The van der Waals surface area contributed by atoms with E-state index in [0.717, 1.165) is 10.2 Å². The van der Waals surface area contributed by atoms with E-state index in [1.54, 1.807) is 4.40 Å². The van der Waals surface area contributed by atoms with E-state index in [1.807, 2.05) is 26.0 Å². The fourth-order valence-electron chi connectivity index (χ4n) is 1.78. The first-order valence-electron chi connectivity index (χ1n) is 4.96. The summed E-state index contributed by atoms with van der Waals surface area (Å²) in [5, 5.41) is 9.22. The summed E-state index contributed by atoms with van der Waals surface area (Å²) in [6, 6.07) is 3.69. The molecule has 0 saturated heterocycles. The van der Waals surface area contributed by atoms with Crippen molar-refractivity contribution in [3.8, 4) is 0 Å². The Kier molecular flexibility index (Phi) is 2.71. The number of pyridine rings is 1. The molecule has 0 atom stereocenters. The van der Waals surface area contributed by atoms with Crippen molar-refractivity contribution in [1.82, 2.24) is 9.38 Å². The highest BCUT2D eigenvalue weighted by Crippen LogP contribution is 2.22.